The molecular weight excluding hydrogens is 687 g/mol. The summed E-state index contributed by atoms with van der Waals surface area (Å²) in [6.45, 7) is 0. The van der Waals surface area contributed by atoms with Gasteiger partial charge in [-0.15, -0.1) is 0 Å². The fourth-order valence-corrected chi connectivity index (χ4v) is 9.06. The summed E-state index contributed by atoms with van der Waals surface area (Å²) in [6, 6.07) is 82.0. The average Bonchev–Trinajstić information content (AvgIpc) is 3.63. The third-order valence-corrected chi connectivity index (χ3v) is 11.5. The second kappa shape index (κ2) is 13.7. The van der Waals surface area contributed by atoms with Crippen molar-refractivity contribution >= 4 is 43.4 Å². The zero-order valence-corrected chi connectivity index (χ0v) is 31.3. The summed E-state index contributed by atoms with van der Waals surface area (Å²) in [4.78, 5) is 0. The Labute approximate surface area is 332 Å². The summed E-state index contributed by atoms with van der Waals surface area (Å²) in [5.41, 5.74) is 15.7. The molecule has 0 unspecified atom stereocenters. The predicted octanol–water partition coefficient (Wildman–Crippen LogP) is 15.4. The van der Waals surface area contributed by atoms with Gasteiger partial charge >= 0.3 is 0 Å². The van der Waals surface area contributed by atoms with Crippen molar-refractivity contribution in [1.82, 2.24) is 4.57 Å². The molecule has 10 aromatic carbocycles. The van der Waals surface area contributed by atoms with Crippen LogP contribution in [0.15, 0.2) is 224 Å². The molecule has 1 aromatic heterocycles. The van der Waals surface area contributed by atoms with Crippen molar-refractivity contribution in [3.63, 3.8) is 0 Å². The van der Waals surface area contributed by atoms with Gasteiger partial charge in [-0.25, -0.2) is 0 Å². The molecule has 0 saturated carbocycles. The zero-order valence-electron chi connectivity index (χ0n) is 31.3. The van der Waals surface area contributed by atoms with Crippen LogP contribution in [-0.2, 0) is 0 Å². The molecule has 1 heterocycles. The van der Waals surface area contributed by atoms with E-state index in [-0.39, 0.29) is 0 Å². The fraction of sp³-hybridized carbons (Fsp3) is 0. The Kier molecular flexibility index (Phi) is 7.89. The molecule has 0 N–H and O–H groups in total. The second-order valence-electron chi connectivity index (χ2n) is 14.8. The van der Waals surface area contributed by atoms with E-state index >= 15 is 0 Å². The molecule has 0 aliphatic heterocycles. The summed E-state index contributed by atoms with van der Waals surface area (Å²) in [6.07, 6.45) is 0. The van der Waals surface area contributed by atoms with Crippen molar-refractivity contribution < 1.29 is 0 Å². The van der Waals surface area contributed by atoms with E-state index in [0.717, 1.165) is 5.69 Å². The van der Waals surface area contributed by atoms with Gasteiger partial charge in [0.25, 0.3) is 0 Å². The molecule has 1 nitrogen and oxygen atoms in total. The minimum absolute atomic E-state index is 1.15. The first-order valence-electron chi connectivity index (χ1n) is 19.7. The van der Waals surface area contributed by atoms with Crippen LogP contribution in [0.3, 0.4) is 0 Å². The topological polar surface area (TPSA) is 4.93 Å². The van der Waals surface area contributed by atoms with E-state index < -0.39 is 0 Å². The maximum atomic E-state index is 2.41. The molecule has 0 radical (unpaired) electrons. The number of nitrogens with zero attached hydrogens (tertiary/aromatic N) is 1. The van der Waals surface area contributed by atoms with Crippen molar-refractivity contribution in [2.24, 2.45) is 0 Å². The Morgan fingerprint density at radius 3 is 1.32 bits per heavy atom. The van der Waals surface area contributed by atoms with Gasteiger partial charge in [-0.3, -0.25) is 0 Å². The lowest BCUT2D eigenvalue weighted by atomic mass is 9.82. The first kappa shape index (κ1) is 32.9. The number of benzene rings is 10. The van der Waals surface area contributed by atoms with Gasteiger partial charge in [0.05, 0.1) is 11.0 Å². The maximum Gasteiger partial charge on any atom is 0.0541 e. The number of hydrogen-bond acceptors (Lipinski definition) is 0. The van der Waals surface area contributed by atoms with Crippen LogP contribution in [0.2, 0.25) is 0 Å². The van der Waals surface area contributed by atoms with Crippen LogP contribution in [0.1, 0.15) is 0 Å². The zero-order chi connectivity index (χ0) is 37.7. The van der Waals surface area contributed by atoms with Gasteiger partial charge in [-0.05, 0) is 120 Å². The molecule has 0 saturated heterocycles. The van der Waals surface area contributed by atoms with E-state index in [0.29, 0.717) is 0 Å². The maximum absolute atomic E-state index is 2.41. The van der Waals surface area contributed by atoms with Crippen molar-refractivity contribution in [2.45, 2.75) is 0 Å². The van der Waals surface area contributed by atoms with E-state index in [1.165, 1.54) is 99.0 Å². The first-order valence-corrected chi connectivity index (χ1v) is 19.7. The Bertz CT molecular complexity index is 3210. The summed E-state index contributed by atoms with van der Waals surface area (Å²) in [7, 11) is 0. The van der Waals surface area contributed by atoms with Crippen LogP contribution in [0.5, 0.6) is 0 Å². The molecule has 11 rings (SSSR count). The van der Waals surface area contributed by atoms with Gasteiger partial charge in [0.15, 0.2) is 0 Å². The van der Waals surface area contributed by atoms with Gasteiger partial charge in [0.1, 0.15) is 0 Å². The lowest BCUT2D eigenvalue weighted by Gasteiger charge is -2.21. The number of para-hydroxylation sites is 2. The fourth-order valence-electron chi connectivity index (χ4n) is 9.06. The summed E-state index contributed by atoms with van der Waals surface area (Å²) < 4.78 is 2.41. The Morgan fingerprint density at radius 1 is 0.246 bits per heavy atom. The number of rotatable bonds is 6. The van der Waals surface area contributed by atoms with Crippen molar-refractivity contribution in [2.75, 3.05) is 0 Å². The van der Waals surface area contributed by atoms with E-state index in [2.05, 4.69) is 229 Å². The number of aromatic nitrogens is 1. The van der Waals surface area contributed by atoms with Crippen molar-refractivity contribution in [3.8, 4) is 61.3 Å². The van der Waals surface area contributed by atoms with Crippen molar-refractivity contribution in [1.29, 1.82) is 0 Å². The smallest absolute Gasteiger partial charge is 0.0541 e. The molecule has 0 aliphatic rings. The third kappa shape index (κ3) is 5.55. The normalized spacial score (nSPS) is 11.5. The van der Waals surface area contributed by atoms with Crippen LogP contribution in [0.25, 0.3) is 105 Å². The van der Waals surface area contributed by atoms with E-state index in [1.54, 1.807) is 0 Å². The molecule has 266 valence electrons. The van der Waals surface area contributed by atoms with E-state index in [4.69, 9.17) is 0 Å². The molecular formula is C56H37N. The Morgan fingerprint density at radius 2 is 0.684 bits per heavy atom. The Hall–Kier alpha value is -7.48. The summed E-state index contributed by atoms with van der Waals surface area (Å²) in [5.74, 6) is 0. The minimum atomic E-state index is 1.15. The van der Waals surface area contributed by atoms with Gasteiger partial charge in [0, 0.05) is 16.5 Å². The molecule has 0 fully saturated rings. The van der Waals surface area contributed by atoms with E-state index in [9.17, 15) is 0 Å². The highest BCUT2D eigenvalue weighted by molar-refractivity contribution is 6.25. The molecule has 11 aromatic rings. The molecule has 1 heteroatoms. The lowest BCUT2D eigenvalue weighted by molar-refractivity contribution is 1.18. The van der Waals surface area contributed by atoms with Gasteiger partial charge < -0.3 is 4.57 Å². The summed E-state index contributed by atoms with van der Waals surface area (Å²) in [5, 5.41) is 7.54. The standard InChI is InChI=1S/C56H37N/c1-4-18-38(19-5-1)42-34-43(41-24-16-25-45(37-41)57-52-32-14-12-26-47(52)48-27-13-15-33-53(48)57)36-44(35-42)46-30-17-31-51-55(40-22-8-3-9-23-40)54(39-20-6-2-7-21-39)49-28-10-11-29-50(49)56(46)51/h1-37H. The molecule has 57 heavy (non-hydrogen) atoms. The Balaban J connectivity index is 1.19. The van der Waals surface area contributed by atoms with Gasteiger partial charge in [0.2, 0.25) is 0 Å². The largest absolute Gasteiger partial charge is 0.309 e. The van der Waals surface area contributed by atoms with Crippen LogP contribution in [0, 0.1) is 0 Å². The highest BCUT2D eigenvalue weighted by Gasteiger charge is 2.21. The quantitative estimate of drug-likeness (QED) is 0.151. The van der Waals surface area contributed by atoms with E-state index in [1.807, 2.05) is 0 Å². The average molecular weight is 724 g/mol. The molecule has 0 bridgehead atoms. The highest BCUT2D eigenvalue weighted by Crippen LogP contribution is 2.48. The van der Waals surface area contributed by atoms with Crippen LogP contribution in [-0.4, -0.2) is 4.57 Å². The summed E-state index contributed by atoms with van der Waals surface area (Å²) >= 11 is 0. The molecule has 0 amide bonds. The minimum Gasteiger partial charge on any atom is -0.309 e. The highest BCUT2D eigenvalue weighted by atomic mass is 15.0. The second-order valence-corrected chi connectivity index (χ2v) is 14.8. The number of hydrogen-bond donors (Lipinski definition) is 0. The molecule has 0 atom stereocenters. The molecule has 0 spiro atoms. The third-order valence-electron chi connectivity index (χ3n) is 11.5. The van der Waals surface area contributed by atoms with Crippen LogP contribution < -0.4 is 0 Å². The monoisotopic (exact) mass is 723 g/mol. The van der Waals surface area contributed by atoms with Crippen molar-refractivity contribution in [3.05, 3.63) is 224 Å². The predicted molar refractivity (Wildman–Crippen MR) is 243 cm³/mol. The van der Waals surface area contributed by atoms with Crippen LogP contribution in [0.4, 0.5) is 0 Å². The number of fused-ring (bicyclic) bond motifs is 6. The van der Waals surface area contributed by atoms with Gasteiger partial charge in [-0.2, -0.15) is 0 Å². The lowest BCUT2D eigenvalue weighted by Crippen LogP contribution is -1.95. The SMILES string of the molecule is c1ccc(-c2cc(-c3cccc(-n4c5ccccc5c5ccccc54)c3)cc(-c3cccc4c(-c5ccccc5)c(-c5ccccc5)c5ccccc5c34)c2)cc1. The molecule has 0 aliphatic carbocycles. The first-order chi connectivity index (χ1) is 28.3. The van der Waals surface area contributed by atoms with Gasteiger partial charge in [-0.1, -0.05) is 182 Å². The van der Waals surface area contributed by atoms with Crippen LogP contribution >= 0.6 is 0 Å².